The molecule has 8 heteroatoms. The van der Waals surface area contributed by atoms with Crippen LogP contribution in [0.25, 0.3) is 0 Å². The Kier molecular flexibility index (Phi) is 6.82. The van der Waals surface area contributed by atoms with E-state index in [1.165, 1.54) is 0 Å². The van der Waals surface area contributed by atoms with Crippen molar-refractivity contribution in [3.8, 4) is 5.75 Å². The number of amides is 2. The highest BCUT2D eigenvalue weighted by atomic mass is 16.5. The number of aliphatic imine (C=N–C) groups is 1. The lowest BCUT2D eigenvalue weighted by Crippen LogP contribution is -2.50. The summed E-state index contributed by atoms with van der Waals surface area (Å²) in [5.41, 5.74) is 2.92. The fraction of sp³-hybridized carbons (Fsp3) is 0.400. The molecule has 1 N–H and O–H groups in total. The van der Waals surface area contributed by atoms with E-state index in [0.29, 0.717) is 23.8 Å². The smallest absolute Gasteiger partial charge is 0.291 e. The Morgan fingerprint density at radius 3 is 2.73 bits per heavy atom. The number of anilines is 1. The number of azo groups is 1. The summed E-state index contributed by atoms with van der Waals surface area (Å²) in [6, 6.07) is 14.8. The molecule has 1 unspecified atom stereocenters. The van der Waals surface area contributed by atoms with Crippen LogP contribution in [0.2, 0.25) is 0 Å². The van der Waals surface area contributed by atoms with E-state index in [1.807, 2.05) is 48.5 Å². The van der Waals surface area contributed by atoms with Gasteiger partial charge in [-0.1, -0.05) is 50.2 Å². The van der Waals surface area contributed by atoms with Crippen molar-refractivity contribution in [2.45, 2.75) is 45.3 Å². The van der Waals surface area contributed by atoms with E-state index >= 15 is 0 Å². The lowest BCUT2D eigenvalue weighted by Gasteiger charge is -2.20. The zero-order chi connectivity index (χ0) is 23.4. The van der Waals surface area contributed by atoms with E-state index in [4.69, 9.17) is 4.74 Å². The van der Waals surface area contributed by atoms with Crippen molar-refractivity contribution in [1.29, 1.82) is 0 Å². The molecular formula is C25H29N5O3. The number of aryl methyl sites for hydroxylation is 1. The van der Waals surface area contributed by atoms with Gasteiger partial charge in [0.2, 0.25) is 5.84 Å². The third-order valence-corrected chi connectivity index (χ3v) is 5.76. The second kappa shape index (κ2) is 9.94. The number of hydrogen-bond acceptors (Lipinski definition) is 6. The molecule has 2 aliphatic heterocycles. The monoisotopic (exact) mass is 447 g/mol. The van der Waals surface area contributed by atoms with Gasteiger partial charge in [0.05, 0.1) is 5.69 Å². The number of hydrogen-bond donors (Lipinski definition) is 1. The topological polar surface area (TPSA) is 95.7 Å². The Bertz CT molecular complexity index is 1080. The van der Waals surface area contributed by atoms with Crippen LogP contribution in [0.5, 0.6) is 5.75 Å². The number of ether oxygens (including phenoxy) is 1. The van der Waals surface area contributed by atoms with Gasteiger partial charge in [0.25, 0.3) is 11.8 Å². The van der Waals surface area contributed by atoms with Crippen molar-refractivity contribution in [3.05, 3.63) is 59.7 Å². The van der Waals surface area contributed by atoms with Crippen LogP contribution in [0.15, 0.2) is 63.8 Å². The van der Waals surface area contributed by atoms with E-state index in [2.05, 4.69) is 34.4 Å². The van der Waals surface area contributed by atoms with E-state index < -0.39 is 18.1 Å². The molecule has 0 saturated heterocycles. The summed E-state index contributed by atoms with van der Waals surface area (Å²) < 4.78 is 5.88. The molecule has 0 aliphatic carbocycles. The van der Waals surface area contributed by atoms with Gasteiger partial charge in [0.1, 0.15) is 18.4 Å². The summed E-state index contributed by atoms with van der Waals surface area (Å²) in [5, 5.41) is 10.7. The number of fused-ring (bicyclic) bond motifs is 1. The molecule has 0 radical (unpaired) electrons. The van der Waals surface area contributed by atoms with E-state index in [0.717, 1.165) is 24.0 Å². The number of nitrogens with one attached hydrogen (secondary N) is 1. The molecule has 0 bridgehead atoms. The maximum Gasteiger partial charge on any atom is 0.291 e. The van der Waals surface area contributed by atoms with Crippen LogP contribution in [-0.2, 0) is 22.4 Å². The van der Waals surface area contributed by atoms with Crippen LogP contribution in [0.1, 0.15) is 31.4 Å². The van der Waals surface area contributed by atoms with Crippen LogP contribution in [-0.4, -0.2) is 43.5 Å². The molecule has 0 spiro atoms. The predicted molar refractivity (Wildman–Crippen MR) is 127 cm³/mol. The van der Waals surface area contributed by atoms with Crippen LogP contribution in [0.3, 0.4) is 0 Å². The van der Waals surface area contributed by atoms with Gasteiger partial charge < -0.3 is 15.0 Å². The van der Waals surface area contributed by atoms with Crippen molar-refractivity contribution in [1.82, 2.24) is 5.32 Å². The summed E-state index contributed by atoms with van der Waals surface area (Å²) in [5.74, 6) is 0.413. The molecular weight excluding hydrogens is 418 g/mol. The molecule has 2 atom stereocenters. The van der Waals surface area contributed by atoms with Gasteiger partial charge in [-0.05, 0) is 42.0 Å². The van der Waals surface area contributed by atoms with Gasteiger partial charge in [0.15, 0.2) is 6.17 Å². The number of amidine groups is 1. The first-order chi connectivity index (χ1) is 15.9. The largest absolute Gasteiger partial charge is 0.489 e. The van der Waals surface area contributed by atoms with E-state index in [1.54, 1.807) is 11.9 Å². The van der Waals surface area contributed by atoms with Crippen molar-refractivity contribution in [2.75, 3.05) is 18.6 Å². The van der Waals surface area contributed by atoms with Gasteiger partial charge in [-0.3, -0.25) is 9.59 Å². The normalized spacial score (nSPS) is 19.7. The van der Waals surface area contributed by atoms with Gasteiger partial charge in [-0.15, -0.1) is 5.11 Å². The summed E-state index contributed by atoms with van der Waals surface area (Å²) in [7, 11) is 1.70. The van der Waals surface area contributed by atoms with Gasteiger partial charge in [-0.25, -0.2) is 4.99 Å². The average molecular weight is 448 g/mol. The van der Waals surface area contributed by atoms with Crippen LogP contribution in [0.4, 0.5) is 5.69 Å². The second-order valence-electron chi connectivity index (χ2n) is 8.81. The minimum atomic E-state index is -0.847. The summed E-state index contributed by atoms with van der Waals surface area (Å²) in [6.45, 7) is 4.41. The fourth-order valence-electron chi connectivity index (χ4n) is 3.81. The molecule has 2 aromatic carbocycles. The average Bonchev–Trinajstić information content (AvgIpc) is 3.24. The van der Waals surface area contributed by atoms with Gasteiger partial charge >= 0.3 is 0 Å². The molecule has 8 nitrogen and oxygen atoms in total. The van der Waals surface area contributed by atoms with Crippen molar-refractivity contribution >= 4 is 23.3 Å². The second-order valence-corrected chi connectivity index (χ2v) is 8.81. The van der Waals surface area contributed by atoms with Crippen molar-refractivity contribution in [3.63, 3.8) is 0 Å². The molecule has 4 rings (SSSR count). The quantitative estimate of drug-likeness (QED) is 0.703. The fourth-order valence-corrected chi connectivity index (χ4v) is 3.81. The molecule has 0 aromatic heterocycles. The lowest BCUT2D eigenvalue weighted by atomic mass is 10.0. The lowest BCUT2D eigenvalue weighted by molar-refractivity contribution is -0.124. The molecule has 0 fully saturated rings. The van der Waals surface area contributed by atoms with Gasteiger partial charge in [-0.2, -0.15) is 5.11 Å². The van der Waals surface area contributed by atoms with Crippen molar-refractivity contribution in [2.24, 2.45) is 21.1 Å². The first kappa shape index (κ1) is 22.6. The van der Waals surface area contributed by atoms with Gasteiger partial charge in [0, 0.05) is 13.5 Å². The van der Waals surface area contributed by atoms with Crippen LogP contribution >= 0.6 is 0 Å². The highest BCUT2D eigenvalue weighted by Crippen LogP contribution is 2.32. The Balaban J connectivity index is 1.41. The Labute approximate surface area is 193 Å². The number of carbonyl (C=O) groups is 2. The minimum absolute atomic E-state index is 0.0240. The molecule has 2 aromatic rings. The molecule has 2 heterocycles. The first-order valence-corrected chi connectivity index (χ1v) is 11.3. The van der Waals surface area contributed by atoms with E-state index in [-0.39, 0.29) is 18.3 Å². The highest BCUT2D eigenvalue weighted by Gasteiger charge is 2.32. The zero-order valence-electron chi connectivity index (χ0n) is 19.2. The summed E-state index contributed by atoms with van der Waals surface area (Å²) in [4.78, 5) is 31.7. The molecule has 172 valence electrons. The van der Waals surface area contributed by atoms with Crippen LogP contribution < -0.4 is 15.0 Å². The standard InChI is InChI=1S/C25H29N5O3/c1-16(2)9-10-18-11-12-21-20(13-18)30(3)25(32)19(15-33-21)26-24(31)23-27-22(28-29-23)14-17-7-5-4-6-8-17/h4-8,11-13,16,19,22H,9-10,14-15H2,1-3H3,(H,26,31)/t19-,22?/m0/s1. The SMILES string of the molecule is CC(C)CCc1ccc2c(c1)N(C)C(=O)[C@@H](NC(=O)C1=NC(Cc3ccccc3)N=N1)CO2. The van der Waals surface area contributed by atoms with E-state index in [9.17, 15) is 9.59 Å². The predicted octanol–water partition coefficient (Wildman–Crippen LogP) is 3.55. The number of rotatable bonds is 7. The summed E-state index contributed by atoms with van der Waals surface area (Å²) in [6.07, 6.45) is 2.12. The third-order valence-electron chi connectivity index (χ3n) is 5.76. The molecule has 33 heavy (non-hydrogen) atoms. The number of carbonyl (C=O) groups excluding carboxylic acids is 2. The van der Waals surface area contributed by atoms with Crippen LogP contribution in [0, 0.1) is 5.92 Å². The Morgan fingerprint density at radius 2 is 1.97 bits per heavy atom. The summed E-state index contributed by atoms with van der Waals surface area (Å²) >= 11 is 0. The first-order valence-electron chi connectivity index (χ1n) is 11.3. The maximum absolute atomic E-state index is 13.1. The number of likely N-dealkylation sites (N-methyl/N-ethyl adjacent to an activating group) is 1. The van der Waals surface area contributed by atoms with Crippen molar-refractivity contribution < 1.29 is 14.3 Å². The molecule has 0 saturated carbocycles. The minimum Gasteiger partial charge on any atom is -0.489 e. The maximum atomic E-state index is 13.1. The number of nitrogens with zero attached hydrogens (tertiary/aromatic N) is 4. The third kappa shape index (κ3) is 5.45. The Hall–Kier alpha value is -3.55. The zero-order valence-corrected chi connectivity index (χ0v) is 19.2. The number of benzene rings is 2. The highest BCUT2D eigenvalue weighted by molar-refractivity contribution is 6.38. The molecule has 2 aliphatic rings. The Morgan fingerprint density at radius 1 is 1.18 bits per heavy atom. The molecule has 2 amide bonds.